The predicted molar refractivity (Wildman–Crippen MR) is 119 cm³/mol. The number of nitrogens with one attached hydrogen (secondary N) is 1. The Labute approximate surface area is 184 Å². The summed E-state index contributed by atoms with van der Waals surface area (Å²) < 4.78 is 11.4. The second kappa shape index (κ2) is 10.2. The highest BCUT2D eigenvalue weighted by Gasteiger charge is 2.15. The molecule has 9 heteroatoms. The lowest BCUT2D eigenvalue weighted by molar-refractivity contribution is -0.138. The minimum Gasteiger partial charge on any atom is -0.490 e. The number of benzene rings is 2. The van der Waals surface area contributed by atoms with Gasteiger partial charge in [0.25, 0.3) is 0 Å². The Hall–Kier alpha value is -3.17. The molecule has 8 nitrogen and oxygen atoms in total. The zero-order chi connectivity index (χ0) is 22.4. The molecule has 0 amide bonds. The number of hydrogen-bond donors (Lipinski definition) is 5. The van der Waals surface area contributed by atoms with E-state index in [4.69, 9.17) is 25.4 Å². The van der Waals surface area contributed by atoms with Gasteiger partial charge in [0.2, 0.25) is 0 Å². The van der Waals surface area contributed by atoms with Crippen LogP contribution in [-0.4, -0.2) is 51.6 Å². The number of carboxylic acids is 2. The number of rotatable bonds is 11. The number of carbonyl (C=O) groups is 2. The van der Waals surface area contributed by atoms with Crippen LogP contribution in [0.3, 0.4) is 0 Å². The number of fused-ring (bicyclic) bond motifs is 1. The highest BCUT2D eigenvalue weighted by molar-refractivity contribution is 7.81. The van der Waals surface area contributed by atoms with E-state index < -0.39 is 23.2 Å². The zero-order valence-corrected chi connectivity index (χ0v) is 17.5. The molecule has 0 spiro atoms. The average molecular weight is 445 g/mol. The van der Waals surface area contributed by atoms with Crippen molar-refractivity contribution in [3.63, 3.8) is 0 Å². The summed E-state index contributed by atoms with van der Waals surface area (Å²) in [7, 11) is 0. The molecule has 0 saturated carbocycles. The summed E-state index contributed by atoms with van der Waals surface area (Å²) in [5.41, 5.74) is 8.21. The van der Waals surface area contributed by atoms with Gasteiger partial charge in [0.1, 0.15) is 36.0 Å². The molecule has 0 saturated heterocycles. The van der Waals surface area contributed by atoms with Crippen molar-refractivity contribution in [3.8, 4) is 11.5 Å². The van der Waals surface area contributed by atoms with Gasteiger partial charge in [0.15, 0.2) is 0 Å². The van der Waals surface area contributed by atoms with Crippen molar-refractivity contribution >= 4 is 35.5 Å². The fourth-order valence-electron chi connectivity index (χ4n) is 3.09. The fourth-order valence-corrected chi connectivity index (χ4v) is 3.30. The third-order valence-corrected chi connectivity index (χ3v) is 5.16. The Morgan fingerprint density at radius 1 is 0.968 bits per heavy atom. The SMILES string of the molecule is NC(Cc1c[nH]c2ccc(OCCOc3ccc(CC(S)C(=O)O)cc3)cc12)C(=O)O. The molecule has 0 fully saturated rings. The zero-order valence-electron chi connectivity index (χ0n) is 16.7. The van der Waals surface area contributed by atoms with Gasteiger partial charge in [-0.2, -0.15) is 12.6 Å². The van der Waals surface area contributed by atoms with Gasteiger partial charge in [0.05, 0.1) is 0 Å². The second-order valence-corrected chi connectivity index (χ2v) is 7.69. The molecule has 2 atom stereocenters. The first-order chi connectivity index (χ1) is 14.8. The van der Waals surface area contributed by atoms with Crippen molar-refractivity contribution in [3.05, 3.63) is 59.8 Å². The van der Waals surface area contributed by atoms with Crippen LogP contribution in [0.5, 0.6) is 11.5 Å². The first-order valence-corrected chi connectivity index (χ1v) is 10.2. The maximum absolute atomic E-state index is 11.0. The van der Waals surface area contributed by atoms with Crippen molar-refractivity contribution in [2.45, 2.75) is 24.1 Å². The van der Waals surface area contributed by atoms with E-state index in [1.807, 2.05) is 30.3 Å². The van der Waals surface area contributed by atoms with Crippen LogP contribution in [0.15, 0.2) is 48.7 Å². The van der Waals surface area contributed by atoms with Crippen LogP contribution >= 0.6 is 12.6 Å². The number of ether oxygens (including phenoxy) is 2. The number of H-pyrrole nitrogens is 1. The average Bonchev–Trinajstić information content (AvgIpc) is 3.14. The highest BCUT2D eigenvalue weighted by atomic mass is 32.1. The molecule has 0 radical (unpaired) electrons. The Morgan fingerprint density at radius 2 is 1.61 bits per heavy atom. The van der Waals surface area contributed by atoms with E-state index >= 15 is 0 Å². The quantitative estimate of drug-likeness (QED) is 0.226. The number of aliphatic carboxylic acids is 2. The third-order valence-electron chi connectivity index (χ3n) is 4.75. The summed E-state index contributed by atoms with van der Waals surface area (Å²) in [6.45, 7) is 0.644. The van der Waals surface area contributed by atoms with Crippen LogP contribution in [-0.2, 0) is 22.4 Å². The van der Waals surface area contributed by atoms with Gasteiger partial charge in [-0.3, -0.25) is 9.59 Å². The maximum atomic E-state index is 11.0. The first-order valence-electron chi connectivity index (χ1n) is 9.67. The molecule has 3 rings (SSSR count). The lowest BCUT2D eigenvalue weighted by Gasteiger charge is -2.10. The molecule has 0 aliphatic rings. The molecule has 1 heterocycles. The van der Waals surface area contributed by atoms with Crippen LogP contribution in [0.2, 0.25) is 0 Å². The lowest BCUT2D eigenvalue weighted by atomic mass is 10.1. The number of thiol groups is 1. The number of aromatic amines is 1. The van der Waals surface area contributed by atoms with Crippen molar-refractivity contribution in [2.24, 2.45) is 5.73 Å². The van der Waals surface area contributed by atoms with E-state index in [9.17, 15) is 9.59 Å². The minimum absolute atomic E-state index is 0.221. The standard InChI is InChI=1S/C22H24N2O6S/c23-18(21(25)26)10-14-12-24-19-6-5-16(11-17(14)19)30-8-7-29-15-3-1-13(2-4-15)9-20(31)22(27)28/h1-6,11-12,18,20,24,31H,7-10,23H2,(H,25,26)(H,27,28). The van der Waals surface area contributed by atoms with Crippen LogP contribution < -0.4 is 15.2 Å². The van der Waals surface area contributed by atoms with Gasteiger partial charge in [0, 0.05) is 23.5 Å². The first kappa shape index (κ1) is 22.5. The number of aromatic nitrogens is 1. The van der Waals surface area contributed by atoms with E-state index in [0.29, 0.717) is 31.1 Å². The summed E-state index contributed by atoms with van der Waals surface area (Å²) in [6, 6.07) is 11.8. The van der Waals surface area contributed by atoms with E-state index in [1.54, 1.807) is 18.3 Å². The molecular formula is C22H24N2O6S. The Morgan fingerprint density at radius 3 is 2.26 bits per heavy atom. The molecule has 164 valence electrons. The molecule has 0 aliphatic carbocycles. The number of hydrogen-bond acceptors (Lipinski definition) is 6. The molecule has 0 bridgehead atoms. The molecule has 5 N–H and O–H groups in total. The topological polar surface area (TPSA) is 135 Å². The Kier molecular flexibility index (Phi) is 7.43. The van der Waals surface area contributed by atoms with Crippen molar-refractivity contribution in [2.75, 3.05) is 13.2 Å². The predicted octanol–water partition coefficient (Wildman–Crippen LogP) is 2.51. The molecule has 31 heavy (non-hydrogen) atoms. The van der Waals surface area contributed by atoms with Gasteiger partial charge in [-0.15, -0.1) is 0 Å². The van der Waals surface area contributed by atoms with E-state index in [2.05, 4.69) is 17.6 Å². The molecular weight excluding hydrogens is 420 g/mol. The van der Waals surface area contributed by atoms with Crippen molar-refractivity contribution in [1.82, 2.24) is 4.98 Å². The van der Waals surface area contributed by atoms with Crippen LogP contribution in [0.1, 0.15) is 11.1 Å². The molecule has 2 aromatic carbocycles. The molecule has 3 aromatic rings. The number of nitrogens with two attached hydrogens (primary N) is 1. The Bertz CT molecular complexity index is 1050. The van der Waals surface area contributed by atoms with E-state index in [1.165, 1.54) is 0 Å². The number of carboxylic acid groups (broad SMARTS) is 2. The lowest BCUT2D eigenvalue weighted by Crippen LogP contribution is -2.32. The van der Waals surface area contributed by atoms with Crippen molar-refractivity contribution in [1.29, 1.82) is 0 Å². The fraction of sp³-hybridized carbons (Fsp3) is 0.273. The summed E-state index contributed by atoms with van der Waals surface area (Å²) in [5.74, 6) is -0.691. The Balaban J connectivity index is 1.51. The van der Waals surface area contributed by atoms with Crippen LogP contribution in [0, 0.1) is 0 Å². The van der Waals surface area contributed by atoms with E-state index in [0.717, 1.165) is 22.0 Å². The normalized spacial score (nSPS) is 13.0. The van der Waals surface area contributed by atoms with Gasteiger partial charge in [-0.05, 0) is 47.9 Å². The van der Waals surface area contributed by atoms with Gasteiger partial charge < -0.3 is 30.4 Å². The highest BCUT2D eigenvalue weighted by Crippen LogP contribution is 2.25. The van der Waals surface area contributed by atoms with Gasteiger partial charge in [-0.25, -0.2) is 0 Å². The van der Waals surface area contributed by atoms with Gasteiger partial charge in [-0.1, -0.05) is 12.1 Å². The molecule has 1 aromatic heterocycles. The van der Waals surface area contributed by atoms with E-state index in [-0.39, 0.29) is 6.42 Å². The van der Waals surface area contributed by atoms with Crippen molar-refractivity contribution < 1.29 is 29.3 Å². The summed E-state index contributed by atoms with van der Waals surface area (Å²) in [4.78, 5) is 25.0. The second-order valence-electron chi connectivity index (χ2n) is 7.07. The van der Waals surface area contributed by atoms with Crippen LogP contribution in [0.25, 0.3) is 10.9 Å². The molecule has 0 aliphatic heterocycles. The summed E-state index contributed by atoms with van der Waals surface area (Å²) >= 11 is 4.03. The smallest absolute Gasteiger partial charge is 0.320 e. The van der Waals surface area contributed by atoms with Gasteiger partial charge >= 0.3 is 11.9 Å². The monoisotopic (exact) mass is 444 g/mol. The minimum atomic E-state index is -1.04. The summed E-state index contributed by atoms with van der Waals surface area (Å²) in [6.07, 6.45) is 2.32. The maximum Gasteiger partial charge on any atom is 0.320 e. The summed E-state index contributed by atoms with van der Waals surface area (Å²) in [5, 5.41) is 18.1. The third kappa shape index (κ3) is 6.16. The molecule has 2 unspecified atom stereocenters. The largest absolute Gasteiger partial charge is 0.490 e. The van der Waals surface area contributed by atoms with Crippen LogP contribution in [0.4, 0.5) is 0 Å².